The number of nitrogens with one attached hydrogen (secondary N) is 1. The first-order chi connectivity index (χ1) is 4.74. The Balaban J connectivity index is 0.000001000. The van der Waals surface area contributed by atoms with Crippen LogP contribution >= 0.6 is 12.4 Å². The van der Waals surface area contributed by atoms with E-state index < -0.39 is 0 Å². The maximum atomic E-state index is 11.0. The van der Waals surface area contributed by atoms with E-state index >= 15 is 0 Å². The van der Waals surface area contributed by atoms with Crippen LogP contribution in [0.15, 0.2) is 0 Å². The molecule has 1 rings (SSSR count). The average molecular weight is 179 g/mol. The Hall–Kier alpha value is -0.280. The van der Waals surface area contributed by atoms with Crippen molar-refractivity contribution >= 4 is 18.3 Å². The number of hydrogen-bond donors (Lipinski definition) is 2. The lowest BCUT2D eigenvalue weighted by molar-refractivity contribution is -0.124. The van der Waals surface area contributed by atoms with E-state index in [1.807, 2.05) is 0 Å². The van der Waals surface area contributed by atoms with E-state index in [0.29, 0.717) is 0 Å². The van der Waals surface area contributed by atoms with Crippen molar-refractivity contribution in [3.8, 4) is 0 Å². The first-order valence-corrected chi connectivity index (χ1v) is 3.71. The number of amides is 1. The lowest BCUT2D eigenvalue weighted by Crippen LogP contribution is -2.26. The van der Waals surface area contributed by atoms with E-state index in [-0.39, 0.29) is 30.3 Å². The Morgan fingerprint density at radius 3 is 2.55 bits per heavy atom. The molecule has 0 aromatic heterocycles. The third-order valence-electron chi connectivity index (χ3n) is 2.09. The Morgan fingerprint density at radius 2 is 2.18 bits per heavy atom. The van der Waals surface area contributed by atoms with Gasteiger partial charge in [0, 0.05) is 19.0 Å². The smallest absolute Gasteiger partial charge is 0.222 e. The number of nitrogens with two attached hydrogens (primary N) is 1. The van der Waals surface area contributed by atoms with Crippen molar-refractivity contribution in [2.24, 2.45) is 11.7 Å². The molecule has 0 saturated heterocycles. The van der Waals surface area contributed by atoms with Gasteiger partial charge in [0.15, 0.2) is 0 Å². The molecule has 2 atom stereocenters. The molecule has 0 aromatic rings. The van der Waals surface area contributed by atoms with Crippen LogP contribution in [0.4, 0.5) is 0 Å². The summed E-state index contributed by atoms with van der Waals surface area (Å²) in [7, 11) is 1.67. The van der Waals surface area contributed by atoms with Crippen molar-refractivity contribution < 1.29 is 4.79 Å². The summed E-state index contributed by atoms with van der Waals surface area (Å²) in [5.41, 5.74) is 5.64. The summed E-state index contributed by atoms with van der Waals surface area (Å²) in [6, 6.07) is 0.252. The van der Waals surface area contributed by atoms with Gasteiger partial charge >= 0.3 is 0 Å². The van der Waals surface area contributed by atoms with Gasteiger partial charge in [-0.1, -0.05) is 0 Å². The standard InChI is InChI=1S/C7H14N2O.ClH/c1-9-7(10)5-2-3-6(8)4-5;/h5-6H,2-4,8H2,1H3,(H,9,10);1H/t5-,6+;/m1./s1. The molecule has 0 heterocycles. The fraction of sp³-hybridized carbons (Fsp3) is 0.857. The van der Waals surface area contributed by atoms with Gasteiger partial charge in [-0.2, -0.15) is 0 Å². The van der Waals surface area contributed by atoms with Crippen LogP contribution in [0.2, 0.25) is 0 Å². The normalized spacial score (nSPS) is 29.3. The van der Waals surface area contributed by atoms with E-state index in [1.165, 1.54) is 0 Å². The molecule has 0 unspecified atom stereocenters. The topological polar surface area (TPSA) is 55.1 Å². The van der Waals surface area contributed by atoms with Crippen LogP contribution in [0, 0.1) is 5.92 Å². The Kier molecular flexibility index (Phi) is 4.45. The van der Waals surface area contributed by atoms with E-state index in [1.54, 1.807) is 7.05 Å². The Bertz CT molecular complexity index is 140. The summed E-state index contributed by atoms with van der Waals surface area (Å²) in [5.74, 6) is 0.327. The molecular weight excluding hydrogens is 164 g/mol. The maximum absolute atomic E-state index is 11.0. The molecule has 11 heavy (non-hydrogen) atoms. The molecular formula is C7H15ClN2O. The highest BCUT2D eigenvalue weighted by atomic mass is 35.5. The SMILES string of the molecule is CNC(=O)[C@@H]1CC[C@H](N)C1.Cl. The summed E-state index contributed by atoms with van der Waals surface area (Å²) in [6.45, 7) is 0. The number of hydrogen-bond acceptors (Lipinski definition) is 2. The van der Waals surface area contributed by atoms with Crippen LogP contribution in [0.25, 0.3) is 0 Å². The third-order valence-corrected chi connectivity index (χ3v) is 2.09. The van der Waals surface area contributed by atoms with Crippen molar-refractivity contribution in [2.45, 2.75) is 25.3 Å². The molecule has 66 valence electrons. The molecule has 0 bridgehead atoms. The van der Waals surface area contributed by atoms with Crippen molar-refractivity contribution in [1.82, 2.24) is 5.32 Å². The molecule has 1 fully saturated rings. The summed E-state index contributed by atoms with van der Waals surface area (Å²) in [4.78, 5) is 11.0. The van der Waals surface area contributed by atoms with E-state index in [0.717, 1.165) is 19.3 Å². The van der Waals surface area contributed by atoms with Crippen molar-refractivity contribution in [2.75, 3.05) is 7.05 Å². The van der Waals surface area contributed by atoms with Crippen LogP contribution in [0.5, 0.6) is 0 Å². The Labute approximate surface area is 73.1 Å². The second-order valence-corrected chi connectivity index (χ2v) is 2.88. The highest BCUT2D eigenvalue weighted by molar-refractivity contribution is 5.85. The zero-order valence-corrected chi connectivity index (χ0v) is 7.49. The Morgan fingerprint density at radius 1 is 1.55 bits per heavy atom. The van der Waals surface area contributed by atoms with Crippen molar-refractivity contribution in [3.63, 3.8) is 0 Å². The van der Waals surface area contributed by atoms with E-state index in [9.17, 15) is 4.79 Å². The van der Waals surface area contributed by atoms with Gasteiger partial charge in [-0.25, -0.2) is 0 Å². The van der Waals surface area contributed by atoms with Gasteiger partial charge in [0.25, 0.3) is 0 Å². The minimum Gasteiger partial charge on any atom is -0.359 e. The van der Waals surface area contributed by atoms with Gasteiger partial charge < -0.3 is 11.1 Å². The largest absolute Gasteiger partial charge is 0.359 e. The summed E-state index contributed by atoms with van der Waals surface area (Å²) >= 11 is 0. The molecule has 3 nitrogen and oxygen atoms in total. The highest BCUT2D eigenvalue weighted by Crippen LogP contribution is 2.23. The monoisotopic (exact) mass is 178 g/mol. The lowest BCUT2D eigenvalue weighted by Gasteiger charge is -2.05. The average Bonchev–Trinajstić information content (AvgIpc) is 2.34. The molecule has 1 saturated carbocycles. The molecule has 1 aliphatic carbocycles. The van der Waals surface area contributed by atoms with Crippen LogP contribution in [-0.4, -0.2) is 19.0 Å². The predicted molar refractivity (Wildman–Crippen MR) is 46.6 cm³/mol. The fourth-order valence-corrected chi connectivity index (χ4v) is 1.46. The van der Waals surface area contributed by atoms with Gasteiger partial charge in [-0.3, -0.25) is 4.79 Å². The van der Waals surface area contributed by atoms with E-state index in [4.69, 9.17) is 5.73 Å². The van der Waals surface area contributed by atoms with Gasteiger partial charge in [-0.05, 0) is 19.3 Å². The summed E-state index contributed by atoms with van der Waals surface area (Å²) in [6.07, 6.45) is 2.82. The molecule has 0 aromatic carbocycles. The minimum absolute atomic E-state index is 0. The fourth-order valence-electron chi connectivity index (χ4n) is 1.46. The number of carbonyl (C=O) groups is 1. The van der Waals surface area contributed by atoms with Crippen LogP contribution in [0.1, 0.15) is 19.3 Å². The quantitative estimate of drug-likeness (QED) is 0.606. The molecule has 0 spiro atoms. The van der Waals surface area contributed by atoms with Crippen LogP contribution in [-0.2, 0) is 4.79 Å². The molecule has 1 amide bonds. The first-order valence-electron chi connectivity index (χ1n) is 3.71. The zero-order chi connectivity index (χ0) is 7.56. The minimum atomic E-state index is 0. The highest BCUT2D eigenvalue weighted by Gasteiger charge is 2.26. The molecule has 0 aliphatic heterocycles. The van der Waals surface area contributed by atoms with Crippen LogP contribution in [0.3, 0.4) is 0 Å². The maximum Gasteiger partial charge on any atom is 0.222 e. The van der Waals surface area contributed by atoms with Gasteiger partial charge in [0.1, 0.15) is 0 Å². The van der Waals surface area contributed by atoms with Crippen LogP contribution < -0.4 is 11.1 Å². The second-order valence-electron chi connectivity index (χ2n) is 2.88. The molecule has 4 heteroatoms. The third kappa shape index (κ3) is 2.67. The van der Waals surface area contributed by atoms with Crippen molar-refractivity contribution in [1.29, 1.82) is 0 Å². The predicted octanol–water partition coefficient (Wildman–Crippen LogP) is 0.282. The summed E-state index contributed by atoms with van der Waals surface area (Å²) < 4.78 is 0. The second kappa shape index (κ2) is 4.57. The lowest BCUT2D eigenvalue weighted by atomic mass is 10.1. The van der Waals surface area contributed by atoms with Gasteiger partial charge in [-0.15, -0.1) is 12.4 Å². The first kappa shape index (κ1) is 10.7. The molecule has 0 radical (unpaired) electrons. The number of rotatable bonds is 1. The summed E-state index contributed by atoms with van der Waals surface area (Å²) in [5, 5.41) is 2.63. The number of halogens is 1. The van der Waals surface area contributed by atoms with E-state index in [2.05, 4.69) is 5.32 Å². The zero-order valence-electron chi connectivity index (χ0n) is 6.67. The molecule has 1 aliphatic rings. The van der Waals surface area contributed by atoms with Crippen molar-refractivity contribution in [3.05, 3.63) is 0 Å². The van der Waals surface area contributed by atoms with Gasteiger partial charge in [0.2, 0.25) is 5.91 Å². The number of carbonyl (C=O) groups excluding carboxylic acids is 1. The van der Waals surface area contributed by atoms with Gasteiger partial charge in [0.05, 0.1) is 0 Å². The molecule has 3 N–H and O–H groups in total.